The Morgan fingerprint density at radius 3 is 2.67 bits per heavy atom. The maximum absolute atomic E-state index is 13.4. The van der Waals surface area contributed by atoms with Gasteiger partial charge in [-0.1, -0.05) is 12.1 Å². The minimum Gasteiger partial charge on any atom is -0.368 e. The Labute approximate surface area is 173 Å². The zero-order valence-corrected chi connectivity index (χ0v) is 16.6. The van der Waals surface area contributed by atoms with Crippen LogP contribution in [0.1, 0.15) is 41.4 Å². The molecule has 3 aromatic rings. The fourth-order valence-electron chi connectivity index (χ4n) is 3.86. The van der Waals surface area contributed by atoms with Crippen LogP contribution in [0.4, 0.5) is 10.3 Å². The van der Waals surface area contributed by atoms with Crippen LogP contribution in [0.25, 0.3) is 11.1 Å². The van der Waals surface area contributed by atoms with Crippen molar-refractivity contribution in [3.8, 4) is 11.1 Å². The predicted octanol–water partition coefficient (Wildman–Crippen LogP) is 2.93. The summed E-state index contributed by atoms with van der Waals surface area (Å²) in [6.45, 7) is 0.569. The standard InChI is InChI=1S/C22H22FN5O2/c1-27-13-15(7-10-19(27)29)21(30)28-11-3-2-4-18(28)20-17(12-25-22(24)26-20)14-5-8-16(23)9-6-14/h5-10,12-13,18H,2-4,11H2,1H3,(H2,24,25,26). The van der Waals surface area contributed by atoms with E-state index in [4.69, 9.17) is 5.73 Å². The number of carbonyl (C=O) groups excluding carboxylic acids is 1. The summed E-state index contributed by atoms with van der Waals surface area (Å²) in [5.41, 5.74) is 8.26. The average Bonchev–Trinajstić information content (AvgIpc) is 2.76. The Morgan fingerprint density at radius 2 is 1.93 bits per heavy atom. The molecule has 1 aliphatic rings. The molecule has 2 N–H and O–H groups in total. The summed E-state index contributed by atoms with van der Waals surface area (Å²) in [6, 6.07) is 8.72. The number of aryl methyl sites for hydroxylation is 1. The van der Waals surface area contributed by atoms with Crippen molar-refractivity contribution in [2.45, 2.75) is 25.3 Å². The second kappa shape index (κ2) is 8.06. The van der Waals surface area contributed by atoms with Gasteiger partial charge in [0.15, 0.2) is 0 Å². The van der Waals surface area contributed by atoms with Crippen molar-refractivity contribution in [2.75, 3.05) is 12.3 Å². The second-order valence-corrected chi connectivity index (χ2v) is 7.41. The molecule has 1 saturated heterocycles. The molecule has 3 heterocycles. The fraction of sp³-hybridized carbons (Fsp3) is 0.273. The van der Waals surface area contributed by atoms with Crippen molar-refractivity contribution in [3.63, 3.8) is 0 Å². The molecule has 8 heteroatoms. The van der Waals surface area contributed by atoms with Gasteiger partial charge in [-0.15, -0.1) is 0 Å². The number of rotatable bonds is 3. The molecule has 1 unspecified atom stereocenters. The molecule has 1 aromatic carbocycles. The number of halogens is 1. The van der Waals surface area contributed by atoms with Gasteiger partial charge < -0.3 is 15.2 Å². The van der Waals surface area contributed by atoms with E-state index in [1.807, 2.05) is 0 Å². The number of hydrogen-bond acceptors (Lipinski definition) is 5. The van der Waals surface area contributed by atoms with E-state index in [9.17, 15) is 14.0 Å². The first-order chi connectivity index (χ1) is 14.4. The zero-order chi connectivity index (χ0) is 21.3. The number of nitrogens with zero attached hydrogens (tertiary/aromatic N) is 4. The van der Waals surface area contributed by atoms with E-state index in [0.717, 1.165) is 30.4 Å². The summed E-state index contributed by atoms with van der Waals surface area (Å²) in [7, 11) is 1.62. The molecule has 4 rings (SSSR count). The highest BCUT2D eigenvalue weighted by molar-refractivity contribution is 5.94. The topological polar surface area (TPSA) is 94.1 Å². The van der Waals surface area contributed by atoms with Gasteiger partial charge in [-0.3, -0.25) is 9.59 Å². The lowest BCUT2D eigenvalue weighted by Gasteiger charge is -2.36. The molecule has 154 valence electrons. The molecule has 2 aromatic heterocycles. The number of carbonyl (C=O) groups is 1. The first-order valence-corrected chi connectivity index (χ1v) is 9.80. The molecule has 7 nitrogen and oxygen atoms in total. The smallest absolute Gasteiger partial charge is 0.255 e. The number of pyridine rings is 1. The average molecular weight is 407 g/mol. The molecule has 0 aliphatic carbocycles. The third-order valence-corrected chi connectivity index (χ3v) is 5.40. The zero-order valence-electron chi connectivity index (χ0n) is 16.6. The van der Waals surface area contributed by atoms with Crippen molar-refractivity contribution in [3.05, 3.63) is 76.2 Å². The highest BCUT2D eigenvalue weighted by atomic mass is 19.1. The third kappa shape index (κ3) is 3.80. The van der Waals surface area contributed by atoms with Crippen LogP contribution < -0.4 is 11.3 Å². The Kier molecular flexibility index (Phi) is 5.31. The van der Waals surface area contributed by atoms with E-state index in [2.05, 4.69) is 9.97 Å². The Morgan fingerprint density at radius 1 is 1.17 bits per heavy atom. The van der Waals surface area contributed by atoms with Crippen LogP contribution in [0.2, 0.25) is 0 Å². The van der Waals surface area contributed by atoms with E-state index in [-0.39, 0.29) is 29.3 Å². The molecule has 0 bridgehead atoms. The SMILES string of the molecule is Cn1cc(C(=O)N2CCCCC2c2nc(N)ncc2-c2ccc(F)cc2)ccc1=O. The first-order valence-electron chi connectivity index (χ1n) is 9.80. The Balaban J connectivity index is 1.76. The van der Waals surface area contributed by atoms with Crippen molar-refractivity contribution in [1.29, 1.82) is 0 Å². The summed E-state index contributed by atoms with van der Waals surface area (Å²) in [5, 5.41) is 0. The minimum absolute atomic E-state index is 0.121. The van der Waals surface area contributed by atoms with Gasteiger partial charge in [-0.2, -0.15) is 0 Å². The molecule has 0 saturated carbocycles. The highest BCUT2D eigenvalue weighted by Crippen LogP contribution is 2.36. The second-order valence-electron chi connectivity index (χ2n) is 7.41. The number of likely N-dealkylation sites (tertiary alicyclic amines) is 1. The van der Waals surface area contributed by atoms with E-state index >= 15 is 0 Å². The summed E-state index contributed by atoms with van der Waals surface area (Å²) in [6.07, 6.45) is 5.71. The third-order valence-electron chi connectivity index (χ3n) is 5.40. The lowest BCUT2D eigenvalue weighted by molar-refractivity contribution is 0.0606. The van der Waals surface area contributed by atoms with E-state index < -0.39 is 0 Å². The van der Waals surface area contributed by atoms with Crippen molar-refractivity contribution >= 4 is 11.9 Å². The number of hydrogen-bond donors (Lipinski definition) is 1. The summed E-state index contributed by atoms with van der Waals surface area (Å²) < 4.78 is 14.8. The summed E-state index contributed by atoms with van der Waals surface area (Å²) in [4.78, 5) is 35.4. The number of amides is 1. The van der Waals surface area contributed by atoms with E-state index in [0.29, 0.717) is 17.8 Å². The molecule has 30 heavy (non-hydrogen) atoms. The number of nitrogen functional groups attached to an aromatic ring is 1. The van der Waals surface area contributed by atoms with Crippen molar-refractivity contribution in [2.24, 2.45) is 7.05 Å². The number of benzene rings is 1. The quantitative estimate of drug-likeness (QED) is 0.720. The lowest BCUT2D eigenvalue weighted by Crippen LogP contribution is -2.39. The van der Waals surface area contributed by atoms with Crippen molar-refractivity contribution in [1.82, 2.24) is 19.4 Å². The molecule has 1 fully saturated rings. The maximum Gasteiger partial charge on any atom is 0.255 e. The van der Waals surface area contributed by atoms with E-state index in [1.54, 1.807) is 42.5 Å². The van der Waals surface area contributed by atoms with Gasteiger partial charge in [0.25, 0.3) is 5.91 Å². The van der Waals surface area contributed by atoms with Crippen LogP contribution >= 0.6 is 0 Å². The molecule has 1 atom stereocenters. The minimum atomic E-state index is -0.333. The predicted molar refractivity (Wildman–Crippen MR) is 111 cm³/mol. The van der Waals surface area contributed by atoms with Crippen molar-refractivity contribution < 1.29 is 9.18 Å². The van der Waals surface area contributed by atoms with Crippen LogP contribution in [0, 0.1) is 5.82 Å². The molecule has 1 amide bonds. The largest absolute Gasteiger partial charge is 0.368 e. The number of anilines is 1. The van der Waals surface area contributed by atoms with E-state index in [1.165, 1.54) is 22.8 Å². The first kappa shape index (κ1) is 19.8. The molecule has 1 aliphatic heterocycles. The number of nitrogens with two attached hydrogens (primary N) is 1. The fourth-order valence-corrected chi connectivity index (χ4v) is 3.86. The molecular weight excluding hydrogens is 385 g/mol. The Bertz CT molecular complexity index is 1140. The number of piperidine rings is 1. The van der Waals surface area contributed by atoms with Crippen LogP contribution in [-0.4, -0.2) is 31.9 Å². The van der Waals surface area contributed by atoms with Gasteiger partial charge in [-0.25, -0.2) is 14.4 Å². The normalized spacial score (nSPS) is 16.5. The van der Waals surface area contributed by atoms with Gasteiger partial charge >= 0.3 is 0 Å². The monoisotopic (exact) mass is 407 g/mol. The van der Waals surface area contributed by atoms with Gasteiger partial charge in [0.2, 0.25) is 11.5 Å². The van der Waals surface area contributed by atoms with Crippen LogP contribution in [-0.2, 0) is 7.05 Å². The van der Waals surface area contributed by atoms with Crippen LogP contribution in [0.5, 0.6) is 0 Å². The Hall–Kier alpha value is -3.55. The summed E-state index contributed by atoms with van der Waals surface area (Å²) in [5.74, 6) is -0.380. The van der Waals surface area contributed by atoms with Crippen LogP contribution in [0.15, 0.2) is 53.6 Å². The van der Waals surface area contributed by atoms with Gasteiger partial charge in [0, 0.05) is 37.6 Å². The lowest BCUT2D eigenvalue weighted by atomic mass is 9.93. The van der Waals surface area contributed by atoms with Gasteiger partial charge in [0.05, 0.1) is 17.3 Å². The van der Waals surface area contributed by atoms with Gasteiger partial charge in [-0.05, 0) is 43.0 Å². The summed E-state index contributed by atoms with van der Waals surface area (Å²) >= 11 is 0. The highest BCUT2D eigenvalue weighted by Gasteiger charge is 2.32. The van der Waals surface area contributed by atoms with Gasteiger partial charge in [0.1, 0.15) is 5.82 Å². The maximum atomic E-state index is 13.4. The van der Waals surface area contributed by atoms with Crippen LogP contribution in [0.3, 0.4) is 0 Å². The molecule has 0 spiro atoms. The molecule has 0 radical (unpaired) electrons. The molecular formula is C22H22FN5O2. The number of aromatic nitrogens is 3.